The monoisotopic (exact) mass is 267 g/mol. The van der Waals surface area contributed by atoms with Crippen LogP contribution < -0.4 is 5.32 Å². The molecular formula is C15H29N3O. The van der Waals surface area contributed by atoms with Crippen molar-refractivity contribution in [2.24, 2.45) is 5.41 Å². The zero-order chi connectivity index (χ0) is 14.6. The van der Waals surface area contributed by atoms with Crippen molar-refractivity contribution in [2.45, 2.75) is 59.2 Å². The maximum Gasteiger partial charge on any atom is 0.0776 e. The minimum absolute atomic E-state index is 0.100. The predicted octanol–water partition coefficient (Wildman–Crippen LogP) is 2.66. The van der Waals surface area contributed by atoms with Crippen LogP contribution in [0.25, 0.3) is 0 Å². The van der Waals surface area contributed by atoms with Gasteiger partial charge in [0.15, 0.2) is 0 Å². The zero-order valence-corrected chi connectivity index (χ0v) is 13.4. The third kappa shape index (κ3) is 4.32. The Labute approximate surface area is 117 Å². The first-order chi connectivity index (χ1) is 8.79. The van der Waals surface area contributed by atoms with Crippen LogP contribution in [0.2, 0.25) is 0 Å². The summed E-state index contributed by atoms with van der Waals surface area (Å²) in [6, 6.07) is 2.77. The average Bonchev–Trinajstić information content (AvgIpc) is 2.75. The fourth-order valence-corrected chi connectivity index (χ4v) is 2.48. The lowest BCUT2D eigenvalue weighted by molar-refractivity contribution is -0.00945. The molecule has 0 amide bonds. The molecular weight excluding hydrogens is 238 g/mol. The van der Waals surface area contributed by atoms with Gasteiger partial charge in [0.05, 0.1) is 11.8 Å². The molecule has 1 aromatic rings. The molecule has 0 aliphatic heterocycles. The van der Waals surface area contributed by atoms with E-state index in [1.807, 2.05) is 17.9 Å². The highest BCUT2D eigenvalue weighted by atomic mass is 16.5. The first-order valence-electron chi connectivity index (χ1n) is 7.03. The van der Waals surface area contributed by atoms with E-state index >= 15 is 0 Å². The SMILES string of the molecule is CNC(Cc1ccn(C(C)C)n1)C(OC)C(C)(C)C. The van der Waals surface area contributed by atoms with Gasteiger partial charge < -0.3 is 10.1 Å². The Morgan fingerprint density at radius 3 is 2.37 bits per heavy atom. The normalized spacial score (nSPS) is 15.8. The lowest BCUT2D eigenvalue weighted by Gasteiger charge is -2.35. The van der Waals surface area contributed by atoms with Crippen molar-refractivity contribution in [3.63, 3.8) is 0 Å². The topological polar surface area (TPSA) is 39.1 Å². The lowest BCUT2D eigenvalue weighted by Crippen LogP contribution is -2.47. The average molecular weight is 267 g/mol. The first kappa shape index (κ1) is 16.2. The number of hydrogen-bond donors (Lipinski definition) is 1. The molecule has 2 unspecified atom stereocenters. The van der Waals surface area contributed by atoms with Crippen molar-refractivity contribution in [3.8, 4) is 0 Å². The van der Waals surface area contributed by atoms with Crippen LogP contribution in [0.15, 0.2) is 12.3 Å². The highest BCUT2D eigenvalue weighted by molar-refractivity contribution is 5.04. The predicted molar refractivity (Wildman–Crippen MR) is 79.4 cm³/mol. The molecule has 1 aromatic heterocycles. The van der Waals surface area contributed by atoms with Crippen molar-refractivity contribution < 1.29 is 4.74 Å². The lowest BCUT2D eigenvalue weighted by atomic mass is 9.83. The number of aromatic nitrogens is 2. The summed E-state index contributed by atoms with van der Waals surface area (Å²) in [6.45, 7) is 10.9. The third-order valence-corrected chi connectivity index (χ3v) is 3.47. The van der Waals surface area contributed by atoms with Gasteiger partial charge in [-0.25, -0.2) is 0 Å². The molecule has 1 rings (SSSR count). The van der Waals surface area contributed by atoms with Crippen molar-refractivity contribution in [1.29, 1.82) is 0 Å². The van der Waals surface area contributed by atoms with E-state index in [2.05, 4.69) is 51.1 Å². The summed E-state index contributed by atoms with van der Waals surface area (Å²) < 4.78 is 7.70. The minimum Gasteiger partial charge on any atom is -0.379 e. The molecule has 0 bridgehead atoms. The fourth-order valence-electron chi connectivity index (χ4n) is 2.48. The number of methoxy groups -OCH3 is 1. The highest BCUT2D eigenvalue weighted by Crippen LogP contribution is 2.26. The molecule has 0 aromatic carbocycles. The van der Waals surface area contributed by atoms with Crippen LogP contribution in [-0.4, -0.2) is 36.1 Å². The van der Waals surface area contributed by atoms with Crippen molar-refractivity contribution in [1.82, 2.24) is 15.1 Å². The fraction of sp³-hybridized carbons (Fsp3) is 0.800. The summed E-state index contributed by atoms with van der Waals surface area (Å²) in [4.78, 5) is 0. The number of ether oxygens (including phenoxy) is 1. The Kier molecular flexibility index (Phi) is 5.56. The summed E-state index contributed by atoms with van der Waals surface area (Å²) in [5.41, 5.74) is 1.21. The van der Waals surface area contributed by atoms with Crippen LogP contribution in [0.3, 0.4) is 0 Å². The molecule has 0 aliphatic rings. The van der Waals surface area contributed by atoms with Gasteiger partial charge in [-0.2, -0.15) is 5.10 Å². The number of nitrogens with zero attached hydrogens (tertiary/aromatic N) is 2. The van der Waals surface area contributed by atoms with E-state index < -0.39 is 0 Å². The first-order valence-corrected chi connectivity index (χ1v) is 7.03. The van der Waals surface area contributed by atoms with Gasteiger partial charge >= 0.3 is 0 Å². The van der Waals surface area contributed by atoms with Gasteiger partial charge in [0, 0.05) is 31.8 Å². The number of nitrogens with one attached hydrogen (secondary N) is 1. The van der Waals surface area contributed by atoms with Gasteiger partial charge in [0.1, 0.15) is 0 Å². The Hall–Kier alpha value is -0.870. The van der Waals surface area contributed by atoms with Crippen LogP contribution in [-0.2, 0) is 11.2 Å². The summed E-state index contributed by atoms with van der Waals surface area (Å²) in [7, 11) is 3.77. The van der Waals surface area contributed by atoms with E-state index in [9.17, 15) is 0 Å². The number of likely N-dealkylation sites (N-methyl/N-ethyl adjacent to an activating group) is 1. The van der Waals surface area contributed by atoms with E-state index in [1.165, 1.54) is 0 Å². The van der Waals surface area contributed by atoms with E-state index in [1.54, 1.807) is 7.11 Å². The van der Waals surface area contributed by atoms with Crippen LogP contribution in [0, 0.1) is 5.41 Å². The molecule has 0 fully saturated rings. The van der Waals surface area contributed by atoms with Crippen LogP contribution >= 0.6 is 0 Å². The van der Waals surface area contributed by atoms with Crippen LogP contribution in [0.4, 0.5) is 0 Å². The highest BCUT2D eigenvalue weighted by Gasteiger charge is 2.32. The standard InChI is InChI=1S/C15H29N3O/c1-11(2)18-9-8-12(17-18)10-13(16-6)14(19-7)15(3,4)5/h8-9,11,13-14,16H,10H2,1-7H3. The molecule has 2 atom stereocenters. The Balaban J connectivity index is 2.80. The van der Waals surface area contributed by atoms with Crippen molar-refractivity contribution in [2.75, 3.05) is 14.2 Å². The molecule has 0 spiro atoms. The smallest absolute Gasteiger partial charge is 0.0776 e. The van der Waals surface area contributed by atoms with Crippen molar-refractivity contribution in [3.05, 3.63) is 18.0 Å². The Morgan fingerprint density at radius 2 is 2.00 bits per heavy atom. The van der Waals surface area contributed by atoms with Gasteiger partial charge in [0.2, 0.25) is 0 Å². The van der Waals surface area contributed by atoms with E-state index in [0.717, 1.165) is 12.1 Å². The second-order valence-electron chi connectivity index (χ2n) is 6.50. The number of rotatable bonds is 6. The second kappa shape index (κ2) is 6.53. The molecule has 1 N–H and O–H groups in total. The molecule has 110 valence electrons. The van der Waals surface area contributed by atoms with E-state index in [-0.39, 0.29) is 17.6 Å². The molecule has 0 radical (unpaired) electrons. The van der Waals surface area contributed by atoms with Crippen LogP contribution in [0.1, 0.15) is 46.4 Å². The summed E-state index contributed by atoms with van der Waals surface area (Å²) in [5, 5.41) is 7.99. The van der Waals surface area contributed by atoms with Gasteiger partial charge in [-0.1, -0.05) is 20.8 Å². The molecule has 19 heavy (non-hydrogen) atoms. The molecule has 1 heterocycles. The second-order valence-corrected chi connectivity index (χ2v) is 6.50. The Morgan fingerprint density at radius 1 is 1.37 bits per heavy atom. The zero-order valence-electron chi connectivity index (χ0n) is 13.4. The van der Waals surface area contributed by atoms with Gasteiger partial charge in [0.25, 0.3) is 0 Å². The van der Waals surface area contributed by atoms with Crippen LogP contribution in [0.5, 0.6) is 0 Å². The van der Waals surface area contributed by atoms with Gasteiger partial charge in [-0.15, -0.1) is 0 Å². The molecule has 4 heteroatoms. The molecule has 0 aliphatic carbocycles. The summed E-state index contributed by atoms with van der Waals surface area (Å²) in [6.07, 6.45) is 3.08. The quantitative estimate of drug-likeness (QED) is 0.861. The van der Waals surface area contributed by atoms with E-state index in [0.29, 0.717) is 6.04 Å². The third-order valence-electron chi connectivity index (χ3n) is 3.47. The Bertz CT molecular complexity index is 379. The number of hydrogen-bond acceptors (Lipinski definition) is 3. The minimum atomic E-state index is 0.100. The summed E-state index contributed by atoms with van der Waals surface area (Å²) in [5.74, 6) is 0. The summed E-state index contributed by atoms with van der Waals surface area (Å²) >= 11 is 0. The molecule has 0 saturated carbocycles. The largest absolute Gasteiger partial charge is 0.379 e. The maximum atomic E-state index is 5.70. The molecule has 0 saturated heterocycles. The van der Waals surface area contributed by atoms with Crippen molar-refractivity contribution >= 4 is 0 Å². The maximum absolute atomic E-state index is 5.70. The van der Waals surface area contributed by atoms with Gasteiger partial charge in [-0.05, 0) is 32.4 Å². The van der Waals surface area contributed by atoms with Gasteiger partial charge in [-0.3, -0.25) is 4.68 Å². The molecule has 4 nitrogen and oxygen atoms in total. The van der Waals surface area contributed by atoms with E-state index in [4.69, 9.17) is 4.74 Å².